The van der Waals surface area contributed by atoms with E-state index in [1.807, 2.05) is 0 Å². The van der Waals surface area contributed by atoms with Gasteiger partial charge in [-0.2, -0.15) is 4.39 Å². The average molecular weight is 244 g/mol. The second-order valence-electron chi connectivity index (χ2n) is 2.50. The van der Waals surface area contributed by atoms with E-state index in [9.17, 15) is 26.0 Å². The van der Waals surface area contributed by atoms with Crippen molar-refractivity contribution in [1.29, 1.82) is 0 Å². The summed E-state index contributed by atoms with van der Waals surface area (Å²) in [7, 11) is -4.57. The molecule has 0 amide bonds. The third-order valence-electron chi connectivity index (χ3n) is 1.43. The van der Waals surface area contributed by atoms with E-state index in [4.69, 9.17) is 0 Å². The molecule has 1 aromatic rings. The summed E-state index contributed by atoms with van der Waals surface area (Å²) >= 11 is 0. The zero-order chi connectivity index (χ0) is 11.8. The average Bonchev–Trinajstić information content (AvgIpc) is 2.06. The molecule has 0 aliphatic rings. The molecule has 0 aromatic carbocycles. The minimum atomic E-state index is -4.57. The number of hydrogen-bond acceptors (Lipinski definition) is 3. The zero-order valence-corrected chi connectivity index (χ0v) is 7.73. The number of rotatable bonds is 2. The summed E-state index contributed by atoms with van der Waals surface area (Å²) in [5.74, 6) is -3.38. The summed E-state index contributed by atoms with van der Waals surface area (Å²) < 4.78 is 70.8. The quantitative estimate of drug-likeness (QED) is 0.621. The predicted molar refractivity (Wildman–Crippen MR) is 40.5 cm³/mol. The Morgan fingerprint density at radius 1 is 1.33 bits per heavy atom. The van der Waals surface area contributed by atoms with Crippen LogP contribution in [0.4, 0.5) is 17.6 Å². The Hall–Kier alpha value is -1.22. The molecule has 84 valence electrons. The van der Waals surface area contributed by atoms with E-state index in [1.165, 1.54) is 0 Å². The highest BCUT2D eigenvalue weighted by molar-refractivity contribution is 7.89. The smallest absolute Gasteiger partial charge is 0.223 e. The Labute approximate surface area is 81.8 Å². The third kappa shape index (κ3) is 2.42. The van der Waals surface area contributed by atoms with Crippen LogP contribution in [0.2, 0.25) is 0 Å². The summed E-state index contributed by atoms with van der Waals surface area (Å²) in [6, 6.07) is 0.0484. The summed E-state index contributed by atoms with van der Waals surface area (Å²) in [5, 5.41) is 3.07. The molecule has 0 aliphatic heterocycles. The van der Waals surface area contributed by atoms with Crippen LogP contribution in [0.5, 0.6) is 0 Å². The number of aromatic nitrogens is 1. The SMILES string of the molecule is NS(=O)(=O)c1nc(F)c(C(F)F)cc1F. The van der Waals surface area contributed by atoms with Gasteiger partial charge in [-0.3, -0.25) is 0 Å². The second-order valence-corrected chi connectivity index (χ2v) is 3.98. The minimum absolute atomic E-state index is 0.0484. The molecule has 0 fully saturated rings. The molecule has 1 aromatic heterocycles. The highest BCUT2D eigenvalue weighted by Crippen LogP contribution is 2.23. The van der Waals surface area contributed by atoms with Crippen molar-refractivity contribution >= 4 is 10.0 Å². The van der Waals surface area contributed by atoms with Crippen molar-refractivity contribution in [2.75, 3.05) is 0 Å². The van der Waals surface area contributed by atoms with E-state index in [-0.39, 0.29) is 6.07 Å². The molecule has 4 nitrogen and oxygen atoms in total. The van der Waals surface area contributed by atoms with Gasteiger partial charge in [0.2, 0.25) is 11.0 Å². The van der Waals surface area contributed by atoms with Gasteiger partial charge >= 0.3 is 0 Å². The Morgan fingerprint density at radius 2 is 1.87 bits per heavy atom. The summed E-state index contributed by atoms with van der Waals surface area (Å²) in [4.78, 5) is 2.53. The Morgan fingerprint density at radius 3 is 2.27 bits per heavy atom. The lowest BCUT2D eigenvalue weighted by atomic mass is 10.3. The first-order valence-corrected chi connectivity index (χ1v) is 4.95. The van der Waals surface area contributed by atoms with Crippen LogP contribution >= 0.6 is 0 Å². The number of alkyl halides is 2. The van der Waals surface area contributed by atoms with Gasteiger partial charge in [-0.1, -0.05) is 0 Å². The van der Waals surface area contributed by atoms with Crippen LogP contribution in [0.25, 0.3) is 0 Å². The molecule has 1 heterocycles. The first-order chi connectivity index (χ1) is 6.73. The number of pyridine rings is 1. The van der Waals surface area contributed by atoms with Crippen LogP contribution < -0.4 is 5.14 Å². The van der Waals surface area contributed by atoms with Gasteiger partial charge in [-0.15, -0.1) is 0 Å². The molecule has 9 heteroatoms. The molecule has 0 radical (unpaired) electrons. The number of nitrogens with zero attached hydrogens (tertiary/aromatic N) is 1. The Balaban J connectivity index is 3.46. The topological polar surface area (TPSA) is 73.1 Å². The molecule has 0 spiro atoms. The lowest BCUT2D eigenvalue weighted by Gasteiger charge is -2.04. The third-order valence-corrected chi connectivity index (χ3v) is 2.25. The van der Waals surface area contributed by atoms with Crippen molar-refractivity contribution in [2.24, 2.45) is 5.14 Å². The van der Waals surface area contributed by atoms with Crippen molar-refractivity contribution in [3.8, 4) is 0 Å². The largest absolute Gasteiger partial charge is 0.268 e. The number of nitrogens with two attached hydrogens (primary N) is 1. The number of halogens is 4. The van der Waals surface area contributed by atoms with Crippen LogP contribution in [0.15, 0.2) is 11.1 Å². The monoisotopic (exact) mass is 244 g/mol. The number of sulfonamides is 1. The van der Waals surface area contributed by atoms with Crippen molar-refractivity contribution < 1.29 is 26.0 Å². The van der Waals surface area contributed by atoms with Crippen LogP contribution in [0, 0.1) is 11.8 Å². The first-order valence-electron chi connectivity index (χ1n) is 3.40. The van der Waals surface area contributed by atoms with Gasteiger partial charge in [0.1, 0.15) is 0 Å². The minimum Gasteiger partial charge on any atom is -0.223 e. The van der Waals surface area contributed by atoms with Gasteiger partial charge in [0.05, 0.1) is 5.56 Å². The maximum atomic E-state index is 12.9. The van der Waals surface area contributed by atoms with Gasteiger partial charge < -0.3 is 0 Å². The van der Waals surface area contributed by atoms with Gasteiger partial charge in [-0.05, 0) is 6.07 Å². The number of primary sulfonamides is 1. The molecule has 15 heavy (non-hydrogen) atoms. The molecule has 1 rings (SSSR count). The van der Waals surface area contributed by atoms with E-state index in [1.54, 1.807) is 0 Å². The fourth-order valence-electron chi connectivity index (χ4n) is 0.817. The fourth-order valence-corrected chi connectivity index (χ4v) is 1.36. The molecule has 0 saturated carbocycles. The summed E-state index contributed by atoms with van der Waals surface area (Å²) in [6.07, 6.45) is -3.29. The molecule has 0 saturated heterocycles. The fraction of sp³-hybridized carbons (Fsp3) is 0.167. The molecular weight excluding hydrogens is 240 g/mol. The second kappa shape index (κ2) is 3.74. The normalized spacial score (nSPS) is 12.1. The Kier molecular flexibility index (Phi) is 2.95. The van der Waals surface area contributed by atoms with Crippen LogP contribution in [0.3, 0.4) is 0 Å². The van der Waals surface area contributed by atoms with Crippen LogP contribution in [0.1, 0.15) is 12.0 Å². The van der Waals surface area contributed by atoms with Crippen molar-refractivity contribution in [1.82, 2.24) is 4.98 Å². The lowest BCUT2D eigenvalue weighted by molar-refractivity contribution is 0.144. The lowest BCUT2D eigenvalue weighted by Crippen LogP contribution is -2.17. The molecule has 2 N–H and O–H groups in total. The van der Waals surface area contributed by atoms with E-state index < -0.39 is 38.8 Å². The van der Waals surface area contributed by atoms with E-state index in [0.717, 1.165) is 0 Å². The van der Waals surface area contributed by atoms with E-state index in [2.05, 4.69) is 10.1 Å². The van der Waals surface area contributed by atoms with Crippen LogP contribution in [-0.4, -0.2) is 13.4 Å². The number of hydrogen-bond donors (Lipinski definition) is 1. The van der Waals surface area contributed by atoms with E-state index in [0.29, 0.717) is 0 Å². The van der Waals surface area contributed by atoms with Crippen LogP contribution in [-0.2, 0) is 10.0 Å². The Bertz CT molecular complexity index is 488. The van der Waals surface area contributed by atoms with Crippen molar-refractivity contribution in [3.63, 3.8) is 0 Å². The van der Waals surface area contributed by atoms with Gasteiger partial charge in [-0.25, -0.2) is 31.7 Å². The highest BCUT2D eigenvalue weighted by atomic mass is 32.2. The van der Waals surface area contributed by atoms with E-state index >= 15 is 0 Å². The standard InChI is InChI=1S/C6H4F4N2O2S/c7-3-1-2(4(8)9)5(10)12-6(3)15(11,13)14/h1,4H,(H2,11,13,14). The maximum absolute atomic E-state index is 12.9. The molecule has 0 atom stereocenters. The molecule has 0 unspecified atom stereocenters. The molecular formula is C6H4F4N2O2S. The summed E-state index contributed by atoms with van der Waals surface area (Å²) in [5.41, 5.74) is -1.32. The highest BCUT2D eigenvalue weighted by Gasteiger charge is 2.23. The molecule has 0 aliphatic carbocycles. The zero-order valence-electron chi connectivity index (χ0n) is 6.92. The summed E-state index contributed by atoms with van der Waals surface area (Å²) in [6.45, 7) is 0. The van der Waals surface area contributed by atoms with Gasteiger partial charge in [0, 0.05) is 0 Å². The van der Waals surface area contributed by atoms with Crippen molar-refractivity contribution in [2.45, 2.75) is 11.5 Å². The van der Waals surface area contributed by atoms with Gasteiger partial charge in [0.25, 0.3) is 16.4 Å². The first kappa shape index (κ1) is 11.9. The van der Waals surface area contributed by atoms with Gasteiger partial charge in [0.15, 0.2) is 5.82 Å². The predicted octanol–water partition coefficient (Wildman–Crippen LogP) is 0.945. The van der Waals surface area contributed by atoms with Crippen molar-refractivity contribution in [3.05, 3.63) is 23.4 Å². The molecule has 0 bridgehead atoms. The maximum Gasteiger partial charge on any atom is 0.268 e.